The fraction of sp³-hybridized carbons (Fsp3) is 0.0870. The van der Waals surface area contributed by atoms with Crippen molar-refractivity contribution in [2.75, 3.05) is 7.11 Å². The van der Waals surface area contributed by atoms with Crippen molar-refractivity contribution >= 4 is 93.1 Å². The zero-order chi connectivity index (χ0) is 24.3. The molecule has 0 fully saturated rings. The third kappa shape index (κ3) is 6.04. The van der Waals surface area contributed by atoms with E-state index in [9.17, 15) is 4.79 Å². The SMILES string of the molecule is COc1ccc(/C=C/C(=O)c2ccc(Cl)cc2Cl)cc1COc1c(Cl)c(Cl)c(Cl)c(Cl)c1Cl. The summed E-state index contributed by atoms with van der Waals surface area (Å²) in [5.41, 5.74) is 1.72. The molecule has 0 N–H and O–H groups in total. The molecule has 0 amide bonds. The number of carbonyl (C=O) groups excluding carboxylic acids is 1. The van der Waals surface area contributed by atoms with Gasteiger partial charge in [-0.1, -0.05) is 93.3 Å². The van der Waals surface area contributed by atoms with E-state index in [1.165, 1.54) is 19.3 Å². The molecule has 0 saturated carbocycles. The summed E-state index contributed by atoms with van der Waals surface area (Å²) in [5.74, 6) is 0.375. The first-order valence-electron chi connectivity index (χ1n) is 9.12. The van der Waals surface area contributed by atoms with E-state index in [1.54, 1.807) is 36.4 Å². The van der Waals surface area contributed by atoms with Crippen LogP contribution in [0.4, 0.5) is 0 Å². The number of methoxy groups -OCH3 is 1. The molecule has 3 nitrogen and oxygen atoms in total. The number of hydrogen-bond donors (Lipinski definition) is 0. The lowest BCUT2D eigenvalue weighted by Crippen LogP contribution is -2.01. The molecule has 0 unspecified atom stereocenters. The molecule has 0 aliphatic carbocycles. The monoisotopic (exact) mass is 582 g/mol. The summed E-state index contributed by atoms with van der Waals surface area (Å²) in [6, 6.07) is 9.99. The third-order valence-electron chi connectivity index (χ3n) is 4.47. The van der Waals surface area contributed by atoms with Crippen molar-refractivity contribution in [1.29, 1.82) is 0 Å². The zero-order valence-electron chi connectivity index (χ0n) is 16.7. The van der Waals surface area contributed by atoms with Gasteiger partial charge in [0, 0.05) is 16.1 Å². The van der Waals surface area contributed by atoms with E-state index in [0.717, 1.165) is 5.56 Å². The fourth-order valence-corrected chi connectivity index (χ4v) is 4.56. The number of ketones is 1. The summed E-state index contributed by atoms with van der Waals surface area (Å²) < 4.78 is 11.2. The van der Waals surface area contributed by atoms with Crippen LogP contribution in [0.3, 0.4) is 0 Å². The summed E-state index contributed by atoms with van der Waals surface area (Å²) in [4.78, 5) is 12.5. The summed E-state index contributed by atoms with van der Waals surface area (Å²) in [6.45, 7) is 0.0234. The number of halogens is 7. The van der Waals surface area contributed by atoms with Gasteiger partial charge >= 0.3 is 0 Å². The number of allylic oxidation sites excluding steroid dienone is 1. The predicted octanol–water partition coefficient (Wildman–Crippen LogP) is 9.74. The second-order valence-electron chi connectivity index (χ2n) is 6.58. The van der Waals surface area contributed by atoms with Gasteiger partial charge in [-0.15, -0.1) is 0 Å². The molecule has 0 heterocycles. The molecule has 3 aromatic rings. The minimum atomic E-state index is -0.269. The smallest absolute Gasteiger partial charge is 0.187 e. The van der Waals surface area contributed by atoms with Gasteiger partial charge in [-0.3, -0.25) is 4.79 Å². The molecule has 3 rings (SSSR count). The standard InChI is InChI=1S/C23H13Cl7O3/c1-32-17-7-3-11(2-6-16(31)14-5-4-13(24)9-15(14)25)8-12(17)10-33-23-21(29)19(27)18(26)20(28)22(23)30/h2-9H,10H2,1H3/b6-2+. The Hall–Kier alpha value is -1.30. The lowest BCUT2D eigenvalue weighted by atomic mass is 10.1. The first kappa shape index (κ1) is 26.3. The van der Waals surface area contributed by atoms with Gasteiger partial charge in [-0.05, 0) is 42.0 Å². The van der Waals surface area contributed by atoms with E-state index in [0.29, 0.717) is 21.9 Å². The Morgan fingerprint density at radius 3 is 2.09 bits per heavy atom. The van der Waals surface area contributed by atoms with Gasteiger partial charge < -0.3 is 9.47 Å². The average molecular weight is 586 g/mol. The summed E-state index contributed by atoms with van der Waals surface area (Å²) in [5, 5.41) is 0.902. The highest BCUT2D eigenvalue weighted by Crippen LogP contribution is 2.48. The minimum absolute atomic E-state index is 0.0234. The maximum atomic E-state index is 12.5. The molecule has 0 radical (unpaired) electrons. The van der Waals surface area contributed by atoms with E-state index in [2.05, 4.69) is 0 Å². The lowest BCUT2D eigenvalue weighted by Gasteiger charge is -2.15. The van der Waals surface area contributed by atoms with Crippen LogP contribution in [0.5, 0.6) is 11.5 Å². The van der Waals surface area contributed by atoms with Crippen LogP contribution in [-0.2, 0) is 6.61 Å². The van der Waals surface area contributed by atoms with E-state index in [-0.39, 0.29) is 48.3 Å². The molecule has 0 aliphatic heterocycles. The zero-order valence-corrected chi connectivity index (χ0v) is 22.0. The summed E-state index contributed by atoms with van der Waals surface area (Å²) in [6.07, 6.45) is 3.06. The summed E-state index contributed by atoms with van der Waals surface area (Å²) in [7, 11) is 1.52. The number of carbonyl (C=O) groups is 1. The van der Waals surface area contributed by atoms with Gasteiger partial charge in [0.15, 0.2) is 11.5 Å². The lowest BCUT2D eigenvalue weighted by molar-refractivity contribution is 0.104. The van der Waals surface area contributed by atoms with Crippen LogP contribution in [0.25, 0.3) is 6.08 Å². The Balaban J connectivity index is 1.85. The summed E-state index contributed by atoms with van der Waals surface area (Å²) >= 11 is 42.7. The van der Waals surface area contributed by atoms with E-state index < -0.39 is 0 Å². The van der Waals surface area contributed by atoms with Crippen molar-refractivity contribution in [3.8, 4) is 11.5 Å². The second kappa shape index (κ2) is 11.4. The predicted molar refractivity (Wildman–Crippen MR) is 139 cm³/mol. The number of rotatable bonds is 7. The number of hydrogen-bond acceptors (Lipinski definition) is 3. The van der Waals surface area contributed by atoms with E-state index in [1.807, 2.05) is 0 Å². The van der Waals surface area contributed by atoms with Gasteiger partial charge in [0.1, 0.15) is 22.4 Å². The fourth-order valence-electron chi connectivity index (χ4n) is 2.83. The van der Waals surface area contributed by atoms with Crippen LogP contribution in [-0.4, -0.2) is 12.9 Å². The van der Waals surface area contributed by atoms with Crippen molar-refractivity contribution in [2.24, 2.45) is 0 Å². The van der Waals surface area contributed by atoms with Crippen LogP contribution in [0.1, 0.15) is 21.5 Å². The van der Waals surface area contributed by atoms with Crippen LogP contribution in [0.2, 0.25) is 35.2 Å². The first-order valence-corrected chi connectivity index (χ1v) is 11.8. The van der Waals surface area contributed by atoms with Crippen LogP contribution >= 0.6 is 81.2 Å². The Bertz CT molecular complexity index is 1230. The molecule has 10 heteroatoms. The molecular formula is C23H13Cl7O3. The molecule has 33 heavy (non-hydrogen) atoms. The maximum absolute atomic E-state index is 12.5. The minimum Gasteiger partial charge on any atom is -0.496 e. The van der Waals surface area contributed by atoms with E-state index >= 15 is 0 Å². The molecule has 172 valence electrons. The normalized spacial score (nSPS) is 11.2. The molecule has 0 aromatic heterocycles. The molecule has 3 aromatic carbocycles. The number of ether oxygens (including phenoxy) is 2. The van der Waals surface area contributed by atoms with Crippen molar-refractivity contribution in [3.05, 3.63) is 94.3 Å². The highest BCUT2D eigenvalue weighted by Gasteiger charge is 2.21. The first-order chi connectivity index (χ1) is 15.6. The highest BCUT2D eigenvalue weighted by atomic mass is 35.5. The van der Waals surface area contributed by atoms with Gasteiger partial charge in [-0.25, -0.2) is 0 Å². The molecular weight excluding hydrogens is 572 g/mol. The molecule has 0 atom stereocenters. The number of benzene rings is 3. The molecule has 0 spiro atoms. The van der Waals surface area contributed by atoms with Gasteiger partial charge in [0.05, 0.1) is 27.2 Å². The van der Waals surface area contributed by atoms with Crippen molar-refractivity contribution < 1.29 is 14.3 Å². The quantitative estimate of drug-likeness (QED) is 0.120. The molecule has 0 saturated heterocycles. The Morgan fingerprint density at radius 1 is 0.848 bits per heavy atom. The van der Waals surface area contributed by atoms with Crippen LogP contribution in [0.15, 0.2) is 42.5 Å². The second-order valence-corrected chi connectivity index (χ2v) is 9.31. The van der Waals surface area contributed by atoms with E-state index in [4.69, 9.17) is 90.7 Å². The largest absolute Gasteiger partial charge is 0.496 e. The Kier molecular flexibility index (Phi) is 9.10. The Labute approximate surface area is 225 Å². The topological polar surface area (TPSA) is 35.5 Å². The van der Waals surface area contributed by atoms with Crippen molar-refractivity contribution in [2.45, 2.75) is 6.61 Å². The van der Waals surface area contributed by atoms with Crippen LogP contribution in [0, 0.1) is 0 Å². The third-order valence-corrected chi connectivity index (χ3v) is 7.26. The van der Waals surface area contributed by atoms with Gasteiger partial charge in [-0.2, -0.15) is 0 Å². The van der Waals surface area contributed by atoms with Gasteiger partial charge in [0.25, 0.3) is 0 Å². The van der Waals surface area contributed by atoms with Crippen LogP contribution < -0.4 is 9.47 Å². The Morgan fingerprint density at radius 2 is 1.48 bits per heavy atom. The molecule has 0 bridgehead atoms. The maximum Gasteiger partial charge on any atom is 0.187 e. The van der Waals surface area contributed by atoms with Gasteiger partial charge in [0.2, 0.25) is 0 Å². The van der Waals surface area contributed by atoms with Crippen molar-refractivity contribution in [1.82, 2.24) is 0 Å². The average Bonchev–Trinajstić information content (AvgIpc) is 2.80. The highest BCUT2D eigenvalue weighted by molar-refractivity contribution is 6.55. The van der Waals surface area contributed by atoms with Crippen molar-refractivity contribution in [3.63, 3.8) is 0 Å². The molecule has 0 aliphatic rings.